The van der Waals surface area contributed by atoms with Gasteiger partial charge in [0.05, 0.1) is 11.8 Å². The van der Waals surface area contributed by atoms with E-state index in [4.69, 9.17) is 0 Å². The van der Waals surface area contributed by atoms with E-state index in [2.05, 4.69) is 5.32 Å². The van der Waals surface area contributed by atoms with Crippen molar-refractivity contribution in [2.24, 2.45) is 5.92 Å². The van der Waals surface area contributed by atoms with Gasteiger partial charge in [0.15, 0.2) is 0 Å². The van der Waals surface area contributed by atoms with Crippen molar-refractivity contribution < 1.29 is 19.1 Å². The van der Waals surface area contributed by atoms with Crippen molar-refractivity contribution in [3.8, 4) is 0 Å². The van der Waals surface area contributed by atoms with Crippen LogP contribution in [0.15, 0.2) is 18.2 Å². The zero-order valence-corrected chi connectivity index (χ0v) is 12.8. The van der Waals surface area contributed by atoms with E-state index in [9.17, 15) is 19.1 Å². The molecule has 2 N–H and O–H groups in total. The first-order valence-corrected chi connectivity index (χ1v) is 7.43. The van der Waals surface area contributed by atoms with Gasteiger partial charge in [-0.3, -0.25) is 9.59 Å². The first-order valence-electron chi connectivity index (χ1n) is 7.43. The molecular formula is C16H21FN2O3. The van der Waals surface area contributed by atoms with Crippen LogP contribution in [0.25, 0.3) is 0 Å². The van der Waals surface area contributed by atoms with Crippen molar-refractivity contribution in [1.29, 1.82) is 0 Å². The third-order valence-corrected chi connectivity index (χ3v) is 3.99. The Hall–Kier alpha value is -1.95. The first kappa shape index (κ1) is 16.4. The summed E-state index contributed by atoms with van der Waals surface area (Å²) in [7, 11) is 0. The summed E-state index contributed by atoms with van der Waals surface area (Å²) in [6, 6.07) is 4.32. The predicted octanol–water partition coefficient (Wildman–Crippen LogP) is 1.69. The maximum atomic E-state index is 13.6. The number of halogens is 1. The second kappa shape index (κ2) is 6.87. The summed E-state index contributed by atoms with van der Waals surface area (Å²) in [4.78, 5) is 25.6. The van der Waals surface area contributed by atoms with Crippen LogP contribution < -0.4 is 5.32 Å². The fourth-order valence-electron chi connectivity index (χ4n) is 2.64. The van der Waals surface area contributed by atoms with Gasteiger partial charge in [-0.25, -0.2) is 4.39 Å². The second-order valence-corrected chi connectivity index (χ2v) is 5.83. The molecule has 1 heterocycles. The molecule has 2 unspecified atom stereocenters. The van der Waals surface area contributed by atoms with Crippen LogP contribution in [0.4, 0.5) is 10.1 Å². The van der Waals surface area contributed by atoms with Gasteiger partial charge in [0.2, 0.25) is 0 Å². The number of anilines is 1. The van der Waals surface area contributed by atoms with E-state index in [0.717, 1.165) is 18.4 Å². The Morgan fingerprint density at radius 1 is 1.45 bits per heavy atom. The highest BCUT2D eigenvalue weighted by Crippen LogP contribution is 2.20. The molecule has 120 valence electrons. The summed E-state index contributed by atoms with van der Waals surface area (Å²) in [6.45, 7) is 4.28. The molecule has 1 aromatic carbocycles. The molecule has 1 aliphatic rings. The summed E-state index contributed by atoms with van der Waals surface area (Å²) >= 11 is 0. The molecule has 2 amide bonds. The van der Waals surface area contributed by atoms with Crippen molar-refractivity contribution in [1.82, 2.24) is 4.90 Å². The van der Waals surface area contributed by atoms with Crippen molar-refractivity contribution >= 4 is 17.5 Å². The molecule has 0 aromatic heterocycles. The average Bonchev–Trinajstić information content (AvgIpc) is 2.50. The maximum absolute atomic E-state index is 13.6. The average molecular weight is 308 g/mol. The molecular weight excluding hydrogens is 287 g/mol. The predicted molar refractivity (Wildman–Crippen MR) is 80.8 cm³/mol. The van der Waals surface area contributed by atoms with Crippen LogP contribution in [0.1, 0.15) is 25.3 Å². The minimum Gasteiger partial charge on any atom is -0.393 e. The number of aliphatic hydroxyl groups excluding tert-OH is 1. The normalized spacial score (nSPS) is 19.6. The molecule has 6 heteroatoms. The van der Waals surface area contributed by atoms with Crippen molar-refractivity contribution in [3.05, 3.63) is 29.6 Å². The SMILES string of the molecule is Cc1ccc(F)c(NC(=O)C(=O)N2CCCC(C(C)O)C2)c1. The van der Waals surface area contributed by atoms with Crippen LogP contribution in [0, 0.1) is 18.7 Å². The molecule has 0 aliphatic carbocycles. The molecule has 22 heavy (non-hydrogen) atoms. The van der Waals surface area contributed by atoms with Crippen molar-refractivity contribution in [2.75, 3.05) is 18.4 Å². The van der Waals surface area contributed by atoms with Crippen LogP contribution in [-0.4, -0.2) is 41.0 Å². The third-order valence-electron chi connectivity index (χ3n) is 3.99. The highest BCUT2D eigenvalue weighted by Gasteiger charge is 2.30. The molecule has 1 aliphatic heterocycles. The molecule has 1 saturated heterocycles. The van der Waals surface area contributed by atoms with E-state index >= 15 is 0 Å². The summed E-state index contributed by atoms with van der Waals surface area (Å²) < 4.78 is 13.6. The number of carbonyl (C=O) groups excluding carboxylic acids is 2. The van der Waals surface area contributed by atoms with Gasteiger partial charge in [0.1, 0.15) is 5.82 Å². The second-order valence-electron chi connectivity index (χ2n) is 5.83. The standard InChI is InChI=1S/C16H21FN2O3/c1-10-5-6-13(17)14(8-10)18-15(21)16(22)19-7-3-4-12(9-19)11(2)20/h5-6,8,11-12,20H,3-4,7,9H2,1-2H3,(H,18,21). The number of aliphatic hydroxyl groups is 1. The molecule has 0 bridgehead atoms. The first-order chi connectivity index (χ1) is 10.4. The number of amides is 2. The maximum Gasteiger partial charge on any atom is 0.313 e. The molecule has 5 nitrogen and oxygen atoms in total. The van der Waals surface area contributed by atoms with Gasteiger partial charge in [-0.2, -0.15) is 0 Å². The lowest BCUT2D eigenvalue weighted by atomic mass is 9.93. The van der Waals surface area contributed by atoms with E-state index < -0.39 is 23.7 Å². The van der Waals surface area contributed by atoms with Crippen LogP contribution in [0.2, 0.25) is 0 Å². The van der Waals surface area contributed by atoms with Crippen LogP contribution in [0.5, 0.6) is 0 Å². The number of likely N-dealkylation sites (tertiary alicyclic amines) is 1. The quantitative estimate of drug-likeness (QED) is 0.817. The Morgan fingerprint density at radius 2 is 2.18 bits per heavy atom. The number of benzene rings is 1. The molecule has 2 atom stereocenters. The Bertz CT molecular complexity index is 575. The van der Waals surface area contributed by atoms with Gasteiger partial charge in [-0.15, -0.1) is 0 Å². The highest BCUT2D eigenvalue weighted by atomic mass is 19.1. The monoisotopic (exact) mass is 308 g/mol. The van der Waals surface area contributed by atoms with Crippen LogP contribution >= 0.6 is 0 Å². The largest absolute Gasteiger partial charge is 0.393 e. The van der Waals surface area contributed by atoms with Gasteiger partial charge < -0.3 is 15.3 Å². The highest BCUT2D eigenvalue weighted by molar-refractivity contribution is 6.39. The smallest absolute Gasteiger partial charge is 0.313 e. The molecule has 1 fully saturated rings. The van der Waals surface area contributed by atoms with Crippen LogP contribution in [-0.2, 0) is 9.59 Å². The van der Waals surface area contributed by atoms with Crippen LogP contribution in [0.3, 0.4) is 0 Å². The summed E-state index contributed by atoms with van der Waals surface area (Å²) in [6.07, 6.45) is 1.05. The molecule has 0 saturated carbocycles. The number of hydrogen-bond donors (Lipinski definition) is 2. The lowest BCUT2D eigenvalue weighted by Crippen LogP contribution is -2.47. The number of nitrogens with one attached hydrogen (secondary N) is 1. The fourth-order valence-corrected chi connectivity index (χ4v) is 2.64. The van der Waals surface area contributed by atoms with E-state index in [1.807, 2.05) is 0 Å². The molecule has 2 rings (SSSR count). The third kappa shape index (κ3) is 3.82. The summed E-state index contributed by atoms with van der Waals surface area (Å²) in [5, 5.41) is 12.0. The van der Waals surface area contributed by atoms with E-state index in [1.54, 1.807) is 19.9 Å². The Kier molecular flexibility index (Phi) is 5.13. The number of nitrogens with zero attached hydrogens (tertiary/aromatic N) is 1. The Balaban J connectivity index is 2.03. The van der Waals surface area contributed by atoms with Gasteiger partial charge in [0, 0.05) is 19.0 Å². The Labute approximate surface area is 129 Å². The lowest BCUT2D eigenvalue weighted by molar-refractivity contribution is -0.144. The van der Waals surface area contributed by atoms with Crippen molar-refractivity contribution in [3.63, 3.8) is 0 Å². The number of aryl methyl sites for hydroxylation is 1. The Morgan fingerprint density at radius 3 is 2.86 bits per heavy atom. The molecule has 0 radical (unpaired) electrons. The molecule has 0 spiro atoms. The fraction of sp³-hybridized carbons (Fsp3) is 0.500. The van der Waals surface area contributed by atoms with Gasteiger partial charge in [0.25, 0.3) is 0 Å². The van der Waals surface area contributed by atoms with Gasteiger partial charge in [-0.05, 0) is 44.4 Å². The van der Waals surface area contributed by atoms with E-state index in [1.165, 1.54) is 17.0 Å². The van der Waals surface area contributed by atoms with Gasteiger partial charge in [-0.1, -0.05) is 6.07 Å². The zero-order chi connectivity index (χ0) is 16.3. The number of hydrogen-bond acceptors (Lipinski definition) is 3. The van der Waals surface area contributed by atoms with E-state index in [-0.39, 0.29) is 11.6 Å². The van der Waals surface area contributed by atoms with Crippen molar-refractivity contribution in [2.45, 2.75) is 32.8 Å². The summed E-state index contributed by atoms with van der Waals surface area (Å²) in [5.41, 5.74) is 0.790. The van der Waals surface area contributed by atoms with Gasteiger partial charge >= 0.3 is 11.8 Å². The minimum atomic E-state index is -0.851. The molecule has 1 aromatic rings. The summed E-state index contributed by atoms with van der Waals surface area (Å²) in [5.74, 6) is -2.14. The number of piperidine rings is 1. The lowest BCUT2D eigenvalue weighted by Gasteiger charge is -2.33. The van der Waals surface area contributed by atoms with E-state index in [0.29, 0.717) is 13.1 Å². The number of rotatable bonds is 2. The number of carbonyl (C=O) groups is 2. The topological polar surface area (TPSA) is 69.6 Å². The zero-order valence-electron chi connectivity index (χ0n) is 12.8. The minimum absolute atomic E-state index is 0.00226.